The fourth-order valence-corrected chi connectivity index (χ4v) is 4.00. The van der Waals surface area contributed by atoms with E-state index in [2.05, 4.69) is 29.2 Å². The van der Waals surface area contributed by atoms with Crippen LogP contribution in [0.4, 0.5) is 0 Å². The molecule has 1 aromatic heterocycles. The normalized spacial score (nSPS) is 21.3. The monoisotopic (exact) mass is 258 g/mol. The second kappa shape index (κ2) is 5.29. The fraction of sp³-hybridized carbons (Fsp3) is 0.400. The number of benzene rings is 1. The molecular weight excluding hydrogens is 240 g/mol. The number of nitrogens with zero attached hydrogens (tertiary/aromatic N) is 1. The topological polar surface area (TPSA) is 38.9 Å². The van der Waals surface area contributed by atoms with Gasteiger partial charge in [-0.2, -0.15) is 11.8 Å². The van der Waals surface area contributed by atoms with Gasteiger partial charge >= 0.3 is 0 Å². The summed E-state index contributed by atoms with van der Waals surface area (Å²) in [4.78, 5) is 4.40. The molecule has 2 heterocycles. The number of aromatic nitrogens is 1. The Kier molecular flexibility index (Phi) is 3.52. The van der Waals surface area contributed by atoms with Crippen LogP contribution in [0.15, 0.2) is 36.5 Å². The van der Waals surface area contributed by atoms with E-state index in [0.717, 1.165) is 11.9 Å². The number of hydrogen-bond donors (Lipinski definition) is 1. The third-order valence-electron chi connectivity index (χ3n) is 3.77. The number of pyridine rings is 1. The smallest absolute Gasteiger partial charge is 0.0704 e. The van der Waals surface area contributed by atoms with Crippen LogP contribution in [0.3, 0.4) is 0 Å². The molecule has 2 unspecified atom stereocenters. The van der Waals surface area contributed by atoms with Crippen molar-refractivity contribution in [1.82, 2.24) is 4.98 Å². The van der Waals surface area contributed by atoms with Gasteiger partial charge in [-0.15, -0.1) is 0 Å². The molecule has 2 N–H and O–H groups in total. The summed E-state index contributed by atoms with van der Waals surface area (Å²) < 4.78 is 0. The number of nitrogens with two attached hydrogens (primary N) is 1. The largest absolute Gasteiger partial charge is 0.327 e. The molecule has 2 atom stereocenters. The van der Waals surface area contributed by atoms with Crippen LogP contribution >= 0.6 is 11.8 Å². The van der Waals surface area contributed by atoms with Crippen LogP contribution in [-0.2, 0) is 6.42 Å². The van der Waals surface area contributed by atoms with E-state index in [1.807, 2.05) is 24.0 Å². The highest BCUT2D eigenvalue weighted by atomic mass is 32.2. The minimum Gasteiger partial charge on any atom is -0.327 e. The Morgan fingerprint density at radius 1 is 1.33 bits per heavy atom. The fourth-order valence-electron chi connectivity index (χ4n) is 2.64. The van der Waals surface area contributed by atoms with Gasteiger partial charge in [0, 0.05) is 17.6 Å². The van der Waals surface area contributed by atoms with E-state index in [9.17, 15) is 0 Å². The molecule has 94 valence electrons. The Hall–Kier alpha value is -1.06. The van der Waals surface area contributed by atoms with Crippen molar-refractivity contribution in [2.24, 2.45) is 11.7 Å². The molecule has 1 aliphatic heterocycles. The van der Waals surface area contributed by atoms with Crippen molar-refractivity contribution < 1.29 is 0 Å². The van der Waals surface area contributed by atoms with Crippen LogP contribution in [0.25, 0.3) is 10.9 Å². The van der Waals surface area contributed by atoms with Crippen molar-refractivity contribution >= 4 is 22.7 Å². The van der Waals surface area contributed by atoms with Gasteiger partial charge in [-0.05, 0) is 48.0 Å². The summed E-state index contributed by atoms with van der Waals surface area (Å²) in [7, 11) is 0. The van der Waals surface area contributed by atoms with Gasteiger partial charge in [0.05, 0.1) is 5.52 Å². The van der Waals surface area contributed by atoms with Crippen molar-refractivity contribution in [2.75, 3.05) is 11.5 Å². The summed E-state index contributed by atoms with van der Waals surface area (Å²) in [6.45, 7) is 0. The number of thioether (sulfide) groups is 1. The standard InChI is InChI=1S/C15H18N2S/c16-14(12-6-8-18-10-12)9-11-5-7-17-15-4-2-1-3-13(11)15/h1-5,7,12,14H,6,8-10,16H2. The molecule has 0 radical (unpaired) electrons. The molecule has 0 aliphatic carbocycles. The van der Waals surface area contributed by atoms with E-state index in [1.54, 1.807) is 0 Å². The van der Waals surface area contributed by atoms with E-state index in [0.29, 0.717) is 5.92 Å². The van der Waals surface area contributed by atoms with Crippen LogP contribution in [-0.4, -0.2) is 22.5 Å². The van der Waals surface area contributed by atoms with Crippen molar-refractivity contribution in [3.05, 3.63) is 42.1 Å². The first-order chi connectivity index (χ1) is 8.84. The lowest BCUT2D eigenvalue weighted by atomic mass is 9.92. The van der Waals surface area contributed by atoms with E-state index in [-0.39, 0.29) is 6.04 Å². The first kappa shape index (κ1) is 12.0. The maximum atomic E-state index is 6.37. The summed E-state index contributed by atoms with van der Waals surface area (Å²) in [5.41, 5.74) is 8.78. The maximum absolute atomic E-state index is 6.37. The van der Waals surface area contributed by atoms with Gasteiger partial charge in [0.1, 0.15) is 0 Å². The van der Waals surface area contributed by atoms with Crippen LogP contribution in [0.5, 0.6) is 0 Å². The highest BCUT2D eigenvalue weighted by Crippen LogP contribution is 2.28. The van der Waals surface area contributed by atoms with Gasteiger partial charge in [0.25, 0.3) is 0 Å². The quantitative estimate of drug-likeness (QED) is 0.920. The van der Waals surface area contributed by atoms with Gasteiger partial charge < -0.3 is 5.73 Å². The predicted molar refractivity (Wildman–Crippen MR) is 78.9 cm³/mol. The molecule has 0 amide bonds. The summed E-state index contributed by atoms with van der Waals surface area (Å²) >= 11 is 2.03. The molecular formula is C15H18N2S. The molecule has 1 fully saturated rings. The Balaban J connectivity index is 1.85. The molecule has 0 bridgehead atoms. The molecule has 3 rings (SSSR count). The SMILES string of the molecule is NC(Cc1ccnc2ccccc12)C1CCSC1. The average molecular weight is 258 g/mol. The summed E-state index contributed by atoms with van der Waals surface area (Å²) in [6, 6.07) is 10.7. The average Bonchev–Trinajstić information content (AvgIpc) is 2.93. The highest BCUT2D eigenvalue weighted by molar-refractivity contribution is 7.99. The molecule has 1 saturated heterocycles. The molecule has 0 saturated carbocycles. The molecule has 1 aliphatic rings. The van der Waals surface area contributed by atoms with Crippen molar-refractivity contribution in [2.45, 2.75) is 18.9 Å². The van der Waals surface area contributed by atoms with Gasteiger partial charge in [0.2, 0.25) is 0 Å². The third-order valence-corrected chi connectivity index (χ3v) is 4.95. The van der Waals surface area contributed by atoms with Crippen molar-refractivity contribution in [3.63, 3.8) is 0 Å². The third kappa shape index (κ3) is 2.38. The highest BCUT2D eigenvalue weighted by Gasteiger charge is 2.22. The van der Waals surface area contributed by atoms with Crippen molar-refractivity contribution in [1.29, 1.82) is 0 Å². The predicted octanol–water partition coefficient (Wildman–Crippen LogP) is 2.86. The zero-order valence-electron chi connectivity index (χ0n) is 10.4. The molecule has 2 nitrogen and oxygen atoms in total. The van der Waals surface area contributed by atoms with Gasteiger partial charge in [0.15, 0.2) is 0 Å². The minimum absolute atomic E-state index is 0.283. The lowest BCUT2D eigenvalue weighted by Gasteiger charge is -2.19. The van der Waals surface area contributed by atoms with Gasteiger partial charge in [-0.3, -0.25) is 4.98 Å². The van der Waals surface area contributed by atoms with E-state index in [4.69, 9.17) is 5.73 Å². The molecule has 0 spiro atoms. The maximum Gasteiger partial charge on any atom is 0.0704 e. The number of hydrogen-bond acceptors (Lipinski definition) is 3. The summed E-state index contributed by atoms with van der Waals surface area (Å²) in [5, 5.41) is 1.25. The van der Waals surface area contributed by atoms with E-state index < -0.39 is 0 Å². The van der Waals surface area contributed by atoms with E-state index >= 15 is 0 Å². The first-order valence-electron chi connectivity index (χ1n) is 6.50. The summed E-state index contributed by atoms with van der Waals surface area (Å²) in [6.07, 6.45) is 4.14. The lowest BCUT2D eigenvalue weighted by Crippen LogP contribution is -2.32. The number of rotatable bonds is 3. The first-order valence-corrected chi connectivity index (χ1v) is 7.66. The van der Waals surface area contributed by atoms with Crippen LogP contribution < -0.4 is 5.73 Å². The minimum atomic E-state index is 0.283. The van der Waals surface area contributed by atoms with Gasteiger partial charge in [-0.1, -0.05) is 18.2 Å². The van der Waals surface area contributed by atoms with Crippen LogP contribution in [0.1, 0.15) is 12.0 Å². The van der Waals surface area contributed by atoms with Crippen LogP contribution in [0.2, 0.25) is 0 Å². The Morgan fingerprint density at radius 3 is 3.06 bits per heavy atom. The zero-order chi connectivity index (χ0) is 12.4. The molecule has 3 heteroatoms. The van der Waals surface area contributed by atoms with Crippen molar-refractivity contribution in [3.8, 4) is 0 Å². The number of para-hydroxylation sites is 1. The molecule has 2 aromatic rings. The second-order valence-corrected chi connectivity index (χ2v) is 6.13. The van der Waals surface area contributed by atoms with Crippen LogP contribution in [0, 0.1) is 5.92 Å². The molecule has 1 aromatic carbocycles. The molecule has 18 heavy (non-hydrogen) atoms. The number of fused-ring (bicyclic) bond motifs is 1. The second-order valence-electron chi connectivity index (χ2n) is 4.98. The van der Waals surface area contributed by atoms with E-state index in [1.165, 1.54) is 28.9 Å². The van der Waals surface area contributed by atoms with Gasteiger partial charge in [-0.25, -0.2) is 0 Å². The Labute approximate surface area is 112 Å². The lowest BCUT2D eigenvalue weighted by molar-refractivity contribution is 0.463. The Morgan fingerprint density at radius 2 is 2.22 bits per heavy atom. The zero-order valence-corrected chi connectivity index (χ0v) is 11.2. The summed E-state index contributed by atoms with van der Waals surface area (Å²) in [5.74, 6) is 3.18. The Bertz CT molecular complexity index is 530.